The number of hydrogen-bond donors (Lipinski definition) is 1. The van der Waals surface area contributed by atoms with Crippen LogP contribution >= 0.6 is 11.3 Å². The van der Waals surface area contributed by atoms with Gasteiger partial charge in [0.05, 0.1) is 0 Å². The number of aliphatic hydroxyl groups excluding tert-OH is 1. The lowest BCUT2D eigenvalue weighted by Gasteiger charge is -2.11. The van der Waals surface area contributed by atoms with Crippen molar-refractivity contribution in [3.63, 3.8) is 0 Å². The van der Waals surface area contributed by atoms with Gasteiger partial charge in [0.25, 0.3) is 0 Å². The molecule has 0 fully saturated rings. The average Bonchev–Trinajstić information content (AvgIpc) is 2.65. The molecule has 0 amide bonds. The van der Waals surface area contributed by atoms with Crippen LogP contribution in [0.2, 0.25) is 0 Å². The summed E-state index contributed by atoms with van der Waals surface area (Å²) in [6.07, 6.45) is -0.482. The lowest BCUT2D eigenvalue weighted by molar-refractivity contribution is 0.223. The van der Waals surface area contributed by atoms with Crippen molar-refractivity contribution >= 4 is 11.3 Å². The topological polar surface area (TPSA) is 20.2 Å². The van der Waals surface area contributed by atoms with Gasteiger partial charge in [-0.15, -0.1) is 11.3 Å². The van der Waals surface area contributed by atoms with Gasteiger partial charge < -0.3 is 5.11 Å². The van der Waals surface area contributed by atoms with Gasteiger partial charge in [-0.1, -0.05) is 24.3 Å². The molecule has 1 nitrogen and oxygen atoms in total. The van der Waals surface area contributed by atoms with Gasteiger partial charge in [0, 0.05) is 9.75 Å². The van der Waals surface area contributed by atoms with Crippen LogP contribution in [0.4, 0.5) is 0 Å². The maximum absolute atomic E-state index is 10.2. The smallest absolute Gasteiger partial charge is 0.113 e. The number of rotatable bonds is 2. The molecule has 2 rings (SSSR count). The fourth-order valence-electron chi connectivity index (χ4n) is 1.65. The van der Waals surface area contributed by atoms with Crippen molar-refractivity contribution in [1.82, 2.24) is 0 Å². The van der Waals surface area contributed by atoms with Crippen molar-refractivity contribution in [2.75, 3.05) is 0 Å². The highest BCUT2D eigenvalue weighted by molar-refractivity contribution is 7.12. The van der Waals surface area contributed by atoms with Crippen molar-refractivity contribution in [3.8, 4) is 0 Å². The highest BCUT2D eigenvalue weighted by Gasteiger charge is 2.13. The van der Waals surface area contributed by atoms with E-state index in [1.165, 1.54) is 4.88 Å². The zero-order chi connectivity index (χ0) is 10.8. The minimum absolute atomic E-state index is 0.482. The summed E-state index contributed by atoms with van der Waals surface area (Å²) in [5.41, 5.74) is 2.13. The van der Waals surface area contributed by atoms with Crippen molar-refractivity contribution in [2.45, 2.75) is 20.0 Å². The summed E-state index contributed by atoms with van der Waals surface area (Å²) in [7, 11) is 0. The molecule has 2 heteroatoms. The van der Waals surface area contributed by atoms with E-state index >= 15 is 0 Å². The molecule has 78 valence electrons. The van der Waals surface area contributed by atoms with Gasteiger partial charge in [-0.2, -0.15) is 0 Å². The molecule has 0 spiro atoms. The van der Waals surface area contributed by atoms with Gasteiger partial charge in [-0.25, -0.2) is 0 Å². The van der Waals surface area contributed by atoms with Crippen molar-refractivity contribution < 1.29 is 5.11 Å². The number of aryl methyl sites for hydroxylation is 2. The molecule has 15 heavy (non-hydrogen) atoms. The van der Waals surface area contributed by atoms with E-state index in [-0.39, 0.29) is 0 Å². The molecule has 1 unspecified atom stereocenters. The van der Waals surface area contributed by atoms with E-state index in [4.69, 9.17) is 0 Å². The highest BCUT2D eigenvalue weighted by Crippen LogP contribution is 2.29. The summed E-state index contributed by atoms with van der Waals surface area (Å²) in [6, 6.07) is 12.0. The second kappa shape index (κ2) is 4.17. The van der Waals surface area contributed by atoms with Crippen LogP contribution in [-0.2, 0) is 0 Å². The average molecular weight is 218 g/mol. The Morgan fingerprint density at radius 1 is 1.07 bits per heavy atom. The Balaban J connectivity index is 2.36. The standard InChI is InChI=1S/C13H14OS/c1-9-5-3-4-6-11(9)13(14)12-8-7-10(2)15-12/h3-8,13-14H,1-2H3. The summed E-state index contributed by atoms with van der Waals surface area (Å²) < 4.78 is 0. The quantitative estimate of drug-likeness (QED) is 0.818. The number of aliphatic hydroxyl groups is 1. The first-order chi connectivity index (χ1) is 7.18. The van der Waals surface area contributed by atoms with E-state index in [0.717, 1.165) is 16.0 Å². The fourth-order valence-corrected chi connectivity index (χ4v) is 2.53. The van der Waals surface area contributed by atoms with Crippen LogP contribution in [0.25, 0.3) is 0 Å². The molecular weight excluding hydrogens is 204 g/mol. The molecule has 1 aromatic heterocycles. The van der Waals surface area contributed by atoms with Crippen molar-refractivity contribution in [2.24, 2.45) is 0 Å². The Morgan fingerprint density at radius 3 is 2.40 bits per heavy atom. The third-order valence-corrected chi connectivity index (χ3v) is 3.57. The predicted molar refractivity (Wildman–Crippen MR) is 64.3 cm³/mol. The molecule has 1 N–H and O–H groups in total. The first kappa shape index (κ1) is 10.4. The van der Waals surface area contributed by atoms with Crippen LogP contribution in [0.1, 0.15) is 27.0 Å². The van der Waals surface area contributed by atoms with E-state index in [2.05, 4.69) is 6.92 Å². The van der Waals surface area contributed by atoms with Gasteiger partial charge in [0.15, 0.2) is 0 Å². The second-order valence-electron chi connectivity index (χ2n) is 3.71. The van der Waals surface area contributed by atoms with Crippen molar-refractivity contribution in [3.05, 3.63) is 57.3 Å². The van der Waals surface area contributed by atoms with E-state index in [9.17, 15) is 5.11 Å². The molecule has 0 aliphatic heterocycles. The van der Waals surface area contributed by atoms with Gasteiger partial charge >= 0.3 is 0 Å². The lowest BCUT2D eigenvalue weighted by Crippen LogP contribution is -1.99. The molecule has 0 saturated carbocycles. The number of benzene rings is 1. The van der Waals surface area contributed by atoms with Crippen LogP contribution in [0, 0.1) is 13.8 Å². The molecule has 0 radical (unpaired) electrons. The van der Waals surface area contributed by atoms with Crippen molar-refractivity contribution in [1.29, 1.82) is 0 Å². The maximum Gasteiger partial charge on any atom is 0.113 e. The van der Waals surface area contributed by atoms with Gasteiger partial charge in [-0.05, 0) is 37.1 Å². The molecule has 1 atom stereocenters. The molecule has 1 heterocycles. The van der Waals surface area contributed by atoms with Crippen LogP contribution in [0.3, 0.4) is 0 Å². The Kier molecular flexibility index (Phi) is 2.89. The fraction of sp³-hybridized carbons (Fsp3) is 0.231. The Hall–Kier alpha value is -1.12. The Morgan fingerprint density at radius 2 is 1.80 bits per heavy atom. The number of thiophene rings is 1. The van der Waals surface area contributed by atoms with E-state index in [0.29, 0.717) is 0 Å². The van der Waals surface area contributed by atoms with E-state index < -0.39 is 6.10 Å². The van der Waals surface area contributed by atoms with Crippen LogP contribution in [-0.4, -0.2) is 5.11 Å². The van der Waals surface area contributed by atoms with Gasteiger partial charge in [0.1, 0.15) is 6.10 Å². The first-order valence-corrected chi connectivity index (χ1v) is 5.80. The first-order valence-electron chi connectivity index (χ1n) is 4.98. The Bertz CT molecular complexity index is 459. The zero-order valence-electron chi connectivity index (χ0n) is 8.90. The predicted octanol–water partition coefficient (Wildman–Crippen LogP) is 3.45. The summed E-state index contributed by atoms with van der Waals surface area (Å²) >= 11 is 1.65. The summed E-state index contributed by atoms with van der Waals surface area (Å²) in [6.45, 7) is 4.08. The molecule has 0 bridgehead atoms. The normalized spacial score (nSPS) is 12.7. The van der Waals surface area contributed by atoms with Crippen LogP contribution in [0.15, 0.2) is 36.4 Å². The van der Waals surface area contributed by atoms with Gasteiger partial charge in [-0.3, -0.25) is 0 Å². The monoisotopic (exact) mass is 218 g/mol. The molecule has 0 aliphatic rings. The SMILES string of the molecule is Cc1ccc(C(O)c2ccccc2C)s1. The minimum Gasteiger partial charge on any atom is -0.383 e. The van der Waals surface area contributed by atoms with E-state index in [1.54, 1.807) is 11.3 Å². The van der Waals surface area contributed by atoms with Crippen LogP contribution in [0.5, 0.6) is 0 Å². The summed E-state index contributed by atoms with van der Waals surface area (Å²) in [5.74, 6) is 0. The Labute approximate surface area is 94.0 Å². The molecule has 2 aromatic rings. The summed E-state index contributed by atoms with van der Waals surface area (Å²) in [5, 5.41) is 10.2. The summed E-state index contributed by atoms with van der Waals surface area (Å²) in [4.78, 5) is 2.25. The highest BCUT2D eigenvalue weighted by atomic mass is 32.1. The number of hydrogen-bond acceptors (Lipinski definition) is 2. The maximum atomic E-state index is 10.2. The lowest BCUT2D eigenvalue weighted by atomic mass is 10.0. The van der Waals surface area contributed by atoms with E-state index in [1.807, 2.05) is 43.3 Å². The molecular formula is C13H14OS. The van der Waals surface area contributed by atoms with Crippen LogP contribution < -0.4 is 0 Å². The molecule has 1 aromatic carbocycles. The third kappa shape index (κ3) is 2.11. The minimum atomic E-state index is -0.482. The molecule has 0 saturated heterocycles. The zero-order valence-corrected chi connectivity index (χ0v) is 9.71. The van der Waals surface area contributed by atoms with Gasteiger partial charge in [0.2, 0.25) is 0 Å². The second-order valence-corrected chi connectivity index (χ2v) is 5.03. The largest absolute Gasteiger partial charge is 0.383 e. The third-order valence-electron chi connectivity index (χ3n) is 2.51. The molecule has 0 aliphatic carbocycles.